The van der Waals surface area contributed by atoms with Crippen LogP contribution in [-0.4, -0.2) is 5.11 Å². The van der Waals surface area contributed by atoms with Crippen LogP contribution in [0.15, 0.2) is 60.7 Å². The number of hydrogen-bond acceptors (Lipinski definition) is 2. The Morgan fingerprint density at radius 2 is 1.26 bits per heavy atom. The molecule has 0 aliphatic carbocycles. The standard InChI is InChI=1S/C29H36O2/c1-20-16-24(12-14-26(20)30)29(6,7)25-13-15-27(21(2)17-25)31-19-23-10-8-22(9-11-23)18-28(3,4)5/h8-17,30H,18-19H2,1-7H3. The highest BCUT2D eigenvalue weighted by Gasteiger charge is 2.24. The highest BCUT2D eigenvalue weighted by Crippen LogP contribution is 2.35. The number of benzene rings is 3. The van der Waals surface area contributed by atoms with Gasteiger partial charge in [-0.3, -0.25) is 0 Å². The monoisotopic (exact) mass is 416 g/mol. The Morgan fingerprint density at radius 3 is 1.81 bits per heavy atom. The van der Waals surface area contributed by atoms with Crippen LogP contribution in [0.1, 0.15) is 68.0 Å². The van der Waals surface area contributed by atoms with Gasteiger partial charge >= 0.3 is 0 Å². The van der Waals surface area contributed by atoms with E-state index >= 15 is 0 Å². The van der Waals surface area contributed by atoms with E-state index in [1.807, 2.05) is 13.0 Å². The lowest BCUT2D eigenvalue weighted by Crippen LogP contribution is -2.19. The molecule has 0 fully saturated rings. The van der Waals surface area contributed by atoms with Crippen molar-refractivity contribution in [2.45, 2.75) is 66.9 Å². The van der Waals surface area contributed by atoms with Gasteiger partial charge in [-0.15, -0.1) is 0 Å². The fourth-order valence-electron chi connectivity index (χ4n) is 3.94. The minimum atomic E-state index is -0.162. The van der Waals surface area contributed by atoms with Crippen molar-refractivity contribution in [3.8, 4) is 11.5 Å². The summed E-state index contributed by atoms with van der Waals surface area (Å²) in [5.74, 6) is 1.26. The van der Waals surface area contributed by atoms with Crippen LogP contribution in [-0.2, 0) is 18.4 Å². The minimum Gasteiger partial charge on any atom is -0.508 e. The third-order valence-electron chi connectivity index (χ3n) is 5.97. The van der Waals surface area contributed by atoms with Crippen LogP contribution >= 0.6 is 0 Å². The second-order valence-electron chi connectivity index (χ2n) is 10.4. The van der Waals surface area contributed by atoms with Crippen LogP contribution in [0.5, 0.6) is 11.5 Å². The van der Waals surface area contributed by atoms with E-state index < -0.39 is 0 Å². The first kappa shape index (κ1) is 22.9. The minimum absolute atomic E-state index is 0.162. The Hall–Kier alpha value is -2.74. The molecule has 0 unspecified atom stereocenters. The van der Waals surface area contributed by atoms with Gasteiger partial charge in [-0.1, -0.05) is 83.1 Å². The van der Waals surface area contributed by atoms with Crippen molar-refractivity contribution in [3.63, 3.8) is 0 Å². The number of phenolic OH excluding ortho intramolecular Hbond substituents is 1. The molecule has 0 heterocycles. The summed E-state index contributed by atoms with van der Waals surface area (Å²) >= 11 is 0. The molecule has 0 aliphatic heterocycles. The lowest BCUT2D eigenvalue weighted by molar-refractivity contribution is 0.304. The second kappa shape index (κ2) is 8.78. The van der Waals surface area contributed by atoms with Crippen molar-refractivity contribution in [1.82, 2.24) is 0 Å². The van der Waals surface area contributed by atoms with Gasteiger partial charge in [0.25, 0.3) is 0 Å². The number of ether oxygens (including phenoxy) is 1. The number of hydrogen-bond donors (Lipinski definition) is 1. The van der Waals surface area contributed by atoms with E-state index in [2.05, 4.69) is 90.1 Å². The molecule has 0 saturated carbocycles. The Kier molecular flexibility index (Phi) is 6.50. The van der Waals surface area contributed by atoms with Crippen molar-refractivity contribution in [1.29, 1.82) is 0 Å². The summed E-state index contributed by atoms with van der Waals surface area (Å²) in [6.45, 7) is 15.8. The predicted octanol–water partition coefficient (Wildman–Crippen LogP) is 7.50. The van der Waals surface area contributed by atoms with E-state index in [0.717, 1.165) is 23.3 Å². The molecule has 0 amide bonds. The molecule has 0 bridgehead atoms. The Bertz CT molecular complexity index is 1040. The molecule has 0 spiro atoms. The zero-order valence-electron chi connectivity index (χ0n) is 20.0. The Balaban J connectivity index is 1.71. The first-order chi connectivity index (χ1) is 14.5. The van der Waals surface area contributed by atoms with Crippen molar-refractivity contribution < 1.29 is 9.84 Å². The smallest absolute Gasteiger partial charge is 0.122 e. The van der Waals surface area contributed by atoms with Gasteiger partial charge < -0.3 is 9.84 Å². The average molecular weight is 417 g/mol. The molecule has 0 saturated heterocycles. The SMILES string of the molecule is Cc1cc(C(C)(C)c2ccc(OCc3ccc(CC(C)(C)C)cc3)c(C)c2)ccc1O. The Morgan fingerprint density at radius 1 is 0.710 bits per heavy atom. The zero-order valence-corrected chi connectivity index (χ0v) is 20.0. The van der Waals surface area contributed by atoms with E-state index in [1.165, 1.54) is 22.3 Å². The molecular formula is C29H36O2. The van der Waals surface area contributed by atoms with Crippen molar-refractivity contribution in [2.75, 3.05) is 0 Å². The first-order valence-electron chi connectivity index (χ1n) is 11.1. The van der Waals surface area contributed by atoms with E-state index in [-0.39, 0.29) is 5.41 Å². The van der Waals surface area contributed by atoms with Crippen LogP contribution in [0.2, 0.25) is 0 Å². The van der Waals surface area contributed by atoms with E-state index in [0.29, 0.717) is 17.8 Å². The molecular weight excluding hydrogens is 380 g/mol. The van der Waals surface area contributed by atoms with E-state index in [1.54, 1.807) is 6.07 Å². The van der Waals surface area contributed by atoms with Gasteiger partial charge in [0.15, 0.2) is 0 Å². The normalized spacial score (nSPS) is 12.1. The van der Waals surface area contributed by atoms with Crippen LogP contribution in [0, 0.1) is 19.3 Å². The fraction of sp³-hybridized carbons (Fsp3) is 0.379. The van der Waals surface area contributed by atoms with Gasteiger partial charge in [-0.2, -0.15) is 0 Å². The highest BCUT2D eigenvalue weighted by molar-refractivity contribution is 5.46. The number of phenols is 1. The molecule has 0 atom stereocenters. The van der Waals surface area contributed by atoms with Gasteiger partial charge in [-0.25, -0.2) is 0 Å². The third kappa shape index (κ3) is 5.70. The first-order valence-corrected chi connectivity index (χ1v) is 11.1. The molecule has 2 heteroatoms. The van der Waals surface area contributed by atoms with Crippen LogP contribution < -0.4 is 4.74 Å². The van der Waals surface area contributed by atoms with Crippen molar-refractivity contribution >= 4 is 0 Å². The van der Waals surface area contributed by atoms with Gasteiger partial charge in [0.2, 0.25) is 0 Å². The number of aryl methyl sites for hydroxylation is 2. The van der Waals surface area contributed by atoms with Crippen LogP contribution in [0.3, 0.4) is 0 Å². The number of aromatic hydroxyl groups is 1. The highest BCUT2D eigenvalue weighted by atomic mass is 16.5. The molecule has 3 rings (SSSR count). The maximum atomic E-state index is 9.86. The molecule has 31 heavy (non-hydrogen) atoms. The molecule has 1 N–H and O–H groups in total. The summed E-state index contributed by atoms with van der Waals surface area (Å²) < 4.78 is 6.14. The van der Waals surface area contributed by atoms with Gasteiger partial charge in [0.05, 0.1) is 0 Å². The molecule has 3 aromatic rings. The number of rotatable bonds is 6. The molecule has 3 aromatic carbocycles. The summed E-state index contributed by atoms with van der Waals surface area (Å²) in [7, 11) is 0. The van der Waals surface area contributed by atoms with E-state index in [4.69, 9.17) is 4.74 Å². The quantitative estimate of drug-likeness (QED) is 0.451. The van der Waals surface area contributed by atoms with Crippen LogP contribution in [0.4, 0.5) is 0 Å². The molecule has 0 aromatic heterocycles. The van der Waals surface area contributed by atoms with Gasteiger partial charge in [-0.05, 0) is 71.2 Å². The largest absolute Gasteiger partial charge is 0.508 e. The summed E-state index contributed by atoms with van der Waals surface area (Å²) in [4.78, 5) is 0. The summed E-state index contributed by atoms with van der Waals surface area (Å²) in [6.07, 6.45) is 1.07. The molecule has 0 radical (unpaired) electrons. The summed E-state index contributed by atoms with van der Waals surface area (Å²) in [5.41, 5.74) is 7.12. The third-order valence-corrected chi connectivity index (χ3v) is 5.97. The maximum absolute atomic E-state index is 9.86. The van der Waals surface area contributed by atoms with Crippen LogP contribution in [0.25, 0.3) is 0 Å². The molecule has 2 nitrogen and oxygen atoms in total. The fourth-order valence-corrected chi connectivity index (χ4v) is 3.94. The van der Waals surface area contributed by atoms with Gasteiger partial charge in [0, 0.05) is 5.41 Å². The zero-order chi connectivity index (χ0) is 22.8. The topological polar surface area (TPSA) is 29.5 Å². The predicted molar refractivity (Wildman–Crippen MR) is 130 cm³/mol. The second-order valence-corrected chi connectivity index (χ2v) is 10.4. The van der Waals surface area contributed by atoms with Crippen molar-refractivity contribution in [3.05, 3.63) is 94.0 Å². The maximum Gasteiger partial charge on any atom is 0.122 e. The molecule has 164 valence electrons. The molecule has 0 aliphatic rings. The average Bonchev–Trinajstić information content (AvgIpc) is 2.69. The van der Waals surface area contributed by atoms with Crippen molar-refractivity contribution in [2.24, 2.45) is 5.41 Å². The lowest BCUT2D eigenvalue weighted by Gasteiger charge is -2.27. The van der Waals surface area contributed by atoms with Gasteiger partial charge in [0.1, 0.15) is 18.1 Å². The Labute approximate surface area is 187 Å². The lowest BCUT2D eigenvalue weighted by atomic mass is 9.77. The van der Waals surface area contributed by atoms with E-state index in [9.17, 15) is 5.11 Å². The summed E-state index contributed by atoms with van der Waals surface area (Å²) in [6, 6.07) is 21.0. The summed E-state index contributed by atoms with van der Waals surface area (Å²) in [5, 5.41) is 9.86.